The number of anilines is 1. The lowest BCUT2D eigenvalue weighted by atomic mass is 10.3. The largest absolute Gasteiger partial charge is 0.384 e. The van der Waals surface area contributed by atoms with Gasteiger partial charge in [-0.3, -0.25) is 9.11 Å². The molecule has 1 aliphatic rings. The Hall–Kier alpha value is -0.940. The van der Waals surface area contributed by atoms with Gasteiger partial charge in [-0.15, -0.1) is 0 Å². The minimum atomic E-state index is -0.609. The molecule has 0 spiro atoms. The van der Waals surface area contributed by atoms with Crippen LogP contribution < -0.4 is 5.32 Å². The Labute approximate surface area is 103 Å². The van der Waals surface area contributed by atoms with Gasteiger partial charge >= 0.3 is 0 Å². The Bertz CT molecular complexity index is 373. The number of hydrogen-bond acceptors (Lipinski definition) is 3. The zero-order valence-electron chi connectivity index (χ0n) is 9.69. The van der Waals surface area contributed by atoms with Crippen LogP contribution in [0.5, 0.6) is 0 Å². The average Bonchev–Trinajstić information content (AvgIpc) is 2.34. The molecule has 1 heterocycles. The van der Waals surface area contributed by atoms with Crippen molar-refractivity contribution in [2.24, 2.45) is 0 Å². The maximum atomic E-state index is 12.7. The number of nitrogens with one attached hydrogen (secondary N) is 1. The summed E-state index contributed by atoms with van der Waals surface area (Å²) in [5.74, 6) is 1.36. The van der Waals surface area contributed by atoms with Gasteiger partial charge in [-0.05, 0) is 24.3 Å². The number of benzene rings is 1. The predicted octanol–water partition coefficient (Wildman–Crippen LogP) is 1.30. The maximum absolute atomic E-state index is 12.7. The third kappa shape index (κ3) is 4.09. The smallest absolute Gasteiger partial charge is 0.123 e. The molecule has 1 aliphatic heterocycles. The first-order chi connectivity index (χ1) is 8.24. The van der Waals surface area contributed by atoms with Crippen molar-refractivity contribution in [2.45, 2.75) is 0 Å². The van der Waals surface area contributed by atoms with Crippen molar-refractivity contribution in [3.63, 3.8) is 0 Å². The first-order valence-corrected chi connectivity index (χ1v) is 7.29. The summed E-state index contributed by atoms with van der Waals surface area (Å²) in [5, 5.41) is 3.25. The second-order valence-electron chi connectivity index (χ2n) is 4.12. The molecule has 0 atom stereocenters. The summed E-state index contributed by atoms with van der Waals surface area (Å²) in [4.78, 5) is 2.30. The molecule has 0 aromatic heterocycles. The second-order valence-corrected chi connectivity index (χ2v) is 5.82. The first kappa shape index (κ1) is 12.5. The van der Waals surface area contributed by atoms with E-state index in [0.29, 0.717) is 0 Å². The summed E-state index contributed by atoms with van der Waals surface area (Å²) < 4.78 is 23.8. The maximum Gasteiger partial charge on any atom is 0.123 e. The van der Waals surface area contributed by atoms with Crippen molar-refractivity contribution >= 4 is 16.5 Å². The van der Waals surface area contributed by atoms with E-state index in [0.717, 1.165) is 43.4 Å². The highest BCUT2D eigenvalue weighted by Gasteiger charge is 2.13. The fourth-order valence-electron chi connectivity index (χ4n) is 1.83. The van der Waals surface area contributed by atoms with E-state index < -0.39 is 10.8 Å². The Morgan fingerprint density at radius 2 is 1.88 bits per heavy atom. The van der Waals surface area contributed by atoms with Crippen LogP contribution in [0.3, 0.4) is 0 Å². The van der Waals surface area contributed by atoms with Crippen molar-refractivity contribution in [2.75, 3.05) is 43.0 Å². The van der Waals surface area contributed by atoms with Crippen LogP contribution in [0.1, 0.15) is 0 Å². The van der Waals surface area contributed by atoms with Crippen molar-refractivity contribution in [3.8, 4) is 0 Å². The van der Waals surface area contributed by atoms with Crippen molar-refractivity contribution in [1.29, 1.82) is 0 Å². The quantitative estimate of drug-likeness (QED) is 0.881. The molecule has 2 rings (SSSR count). The van der Waals surface area contributed by atoms with Gasteiger partial charge in [0.25, 0.3) is 0 Å². The molecular formula is C12H17FN2OS. The first-order valence-electron chi connectivity index (χ1n) is 5.81. The van der Waals surface area contributed by atoms with Crippen LogP contribution >= 0.6 is 0 Å². The molecule has 1 N–H and O–H groups in total. The van der Waals surface area contributed by atoms with Crippen molar-refractivity contribution in [3.05, 3.63) is 30.1 Å². The molecule has 0 bridgehead atoms. The normalized spacial score (nSPS) is 18.2. The van der Waals surface area contributed by atoms with E-state index in [1.54, 1.807) is 12.1 Å². The molecule has 1 aromatic carbocycles. The summed E-state index contributed by atoms with van der Waals surface area (Å²) in [6, 6.07) is 6.37. The van der Waals surface area contributed by atoms with Crippen LogP contribution in [0.4, 0.5) is 10.1 Å². The molecule has 1 saturated heterocycles. The van der Waals surface area contributed by atoms with Crippen LogP contribution in [-0.4, -0.2) is 46.8 Å². The molecule has 0 saturated carbocycles. The highest BCUT2D eigenvalue weighted by atomic mass is 32.2. The number of hydrogen-bond donors (Lipinski definition) is 1. The lowest BCUT2D eigenvalue weighted by molar-refractivity contribution is 0.311. The minimum Gasteiger partial charge on any atom is -0.384 e. The molecule has 1 fully saturated rings. The molecule has 3 nitrogen and oxygen atoms in total. The fraction of sp³-hybridized carbons (Fsp3) is 0.500. The number of rotatable bonds is 4. The topological polar surface area (TPSA) is 32.3 Å². The Kier molecular flexibility index (Phi) is 4.50. The summed E-state index contributed by atoms with van der Waals surface area (Å²) in [5.41, 5.74) is 0.937. The lowest BCUT2D eigenvalue weighted by Gasteiger charge is -2.26. The van der Waals surface area contributed by atoms with Gasteiger partial charge in [-0.1, -0.05) is 0 Å². The Morgan fingerprint density at radius 3 is 2.53 bits per heavy atom. The van der Waals surface area contributed by atoms with E-state index in [1.807, 2.05) is 0 Å². The second kappa shape index (κ2) is 6.12. The third-order valence-corrected chi connectivity index (χ3v) is 4.15. The van der Waals surface area contributed by atoms with Gasteiger partial charge in [-0.2, -0.15) is 0 Å². The molecule has 0 amide bonds. The van der Waals surface area contributed by atoms with Crippen LogP contribution in [0, 0.1) is 5.82 Å². The van der Waals surface area contributed by atoms with E-state index in [9.17, 15) is 8.60 Å². The van der Waals surface area contributed by atoms with E-state index in [4.69, 9.17) is 0 Å². The lowest BCUT2D eigenvalue weighted by Crippen LogP contribution is -2.40. The van der Waals surface area contributed by atoms with Gasteiger partial charge < -0.3 is 5.32 Å². The van der Waals surface area contributed by atoms with Crippen molar-refractivity contribution in [1.82, 2.24) is 4.90 Å². The van der Waals surface area contributed by atoms with E-state index in [2.05, 4.69) is 10.2 Å². The average molecular weight is 256 g/mol. The molecule has 0 radical (unpaired) electrons. The van der Waals surface area contributed by atoms with Gasteiger partial charge in [0.05, 0.1) is 0 Å². The number of nitrogens with zero attached hydrogens (tertiary/aromatic N) is 1. The van der Waals surface area contributed by atoms with E-state index in [1.165, 1.54) is 12.1 Å². The SMILES string of the molecule is O=S1CCN(CCNc2ccc(F)cc2)CC1. The van der Waals surface area contributed by atoms with Gasteiger partial charge in [0.2, 0.25) is 0 Å². The standard InChI is InChI=1S/C12H17FN2OS/c13-11-1-3-12(4-2-11)14-5-6-15-7-9-17(16)10-8-15/h1-4,14H,5-10H2. The molecule has 5 heteroatoms. The zero-order valence-corrected chi connectivity index (χ0v) is 10.5. The summed E-state index contributed by atoms with van der Waals surface area (Å²) >= 11 is 0. The van der Waals surface area contributed by atoms with Crippen molar-refractivity contribution < 1.29 is 8.60 Å². The molecule has 17 heavy (non-hydrogen) atoms. The molecule has 1 aromatic rings. The summed E-state index contributed by atoms with van der Waals surface area (Å²) in [7, 11) is -0.609. The molecule has 0 aliphatic carbocycles. The zero-order chi connectivity index (χ0) is 12.1. The van der Waals surface area contributed by atoms with Crippen LogP contribution in [-0.2, 0) is 10.8 Å². The van der Waals surface area contributed by atoms with Crippen LogP contribution in [0.15, 0.2) is 24.3 Å². The molecular weight excluding hydrogens is 239 g/mol. The van der Waals surface area contributed by atoms with Gasteiger partial charge in [0.1, 0.15) is 5.82 Å². The Morgan fingerprint density at radius 1 is 1.24 bits per heavy atom. The van der Waals surface area contributed by atoms with E-state index in [-0.39, 0.29) is 5.82 Å². The van der Waals surface area contributed by atoms with Crippen LogP contribution in [0.2, 0.25) is 0 Å². The Balaban J connectivity index is 1.69. The van der Waals surface area contributed by atoms with Crippen LogP contribution in [0.25, 0.3) is 0 Å². The third-order valence-electron chi connectivity index (χ3n) is 2.87. The fourth-order valence-corrected chi connectivity index (χ4v) is 2.95. The van der Waals surface area contributed by atoms with Gasteiger partial charge in [0.15, 0.2) is 0 Å². The minimum absolute atomic E-state index is 0.214. The molecule has 94 valence electrons. The molecule has 0 unspecified atom stereocenters. The van der Waals surface area contributed by atoms with Gasteiger partial charge in [-0.25, -0.2) is 4.39 Å². The van der Waals surface area contributed by atoms with E-state index >= 15 is 0 Å². The van der Waals surface area contributed by atoms with Gasteiger partial charge in [0, 0.05) is 54.2 Å². The predicted molar refractivity (Wildman–Crippen MR) is 69.2 cm³/mol. The summed E-state index contributed by atoms with van der Waals surface area (Å²) in [6.45, 7) is 3.60. The highest BCUT2D eigenvalue weighted by Crippen LogP contribution is 2.08. The monoisotopic (exact) mass is 256 g/mol. The number of halogens is 1. The highest BCUT2D eigenvalue weighted by molar-refractivity contribution is 7.85. The summed E-state index contributed by atoms with van der Waals surface area (Å²) in [6.07, 6.45) is 0.